The molecule has 0 spiro atoms. The lowest BCUT2D eigenvalue weighted by atomic mass is 9.35. The van der Waals surface area contributed by atoms with Gasteiger partial charge in [-0.15, -0.1) is 0 Å². The van der Waals surface area contributed by atoms with Gasteiger partial charge < -0.3 is 69.6 Å². The van der Waals surface area contributed by atoms with Crippen molar-refractivity contribution >= 4 is 0 Å². The van der Waals surface area contributed by atoms with Crippen molar-refractivity contribution in [2.75, 3.05) is 13.2 Å². The van der Waals surface area contributed by atoms with Crippen LogP contribution in [-0.4, -0.2) is 150 Å². The highest BCUT2D eigenvalue weighted by molar-refractivity contribution is 5.20. The van der Waals surface area contributed by atoms with E-state index in [2.05, 4.69) is 41.5 Å². The molecule has 7 aliphatic rings. The highest BCUT2D eigenvalue weighted by Gasteiger charge is 2.72. The molecule has 3 aliphatic heterocycles. The minimum Gasteiger partial charge on any atom is -0.394 e. The molecule has 4 aliphatic carbocycles. The Labute approximate surface area is 331 Å². The van der Waals surface area contributed by atoms with E-state index in [4.69, 9.17) is 23.7 Å². The second-order valence-corrected chi connectivity index (χ2v) is 21.1. The van der Waals surface area contributed by atoms with E-state index < -0.39 is 103 Å². The van der Waals surface area contributed by atoms with Crippen LogP contribution < -0.4 is 0 Å². The molecule has 56 heavy (non-hydrogen) atoms. The fraction of sp³-hybridized carbons (Fsp3) is 1.00. The Morgan fingerprint density at radius 3 is 1.86 bits per heavy atom. The Hall–Kier alpha value is -0.560. The Kier molecular flexibility index (Phi) is 11.5. The van der Waals surface area contributed by atoms with Crippen LogP contribution in [0.15, 0.2) is 0 Å². The van der Waals surface area contributed by atoms with Crippen molar-refractivity contribution in [2.24, 2.45) is 45.3 Å². The summed E-state index contributed by atoms with van der Waals surface area (Å²) >= 11 is 0. The summed E-state index contributed by atoms with van der Waals surface area (Å²) < 4.78 is 31.1. The molecular weight excluding hydrogens is 728 g/mol. The number of aliphatic hydroxyl groups is 9. The molecule has 4 unspecified atom stereocenters. The van der Waals surface area contributed by atoms with Crippen LogP contribution in [0.3, 0.4) is 0 Å². The van der Waals surface area contributed by atoms with Crippen molar-refractivity contribution in [3.05, 3.63) is 0 Å². The third-order valence-electron chi connectivity index (χ3n) is 17.5. The van der Waals surface area contributed by atoms with Gasteiger partial charge in [0.15, 0.2) is 12.6 Å². The van der Waals surface area contributed by atoms with Crippen LogP contribution >= 0.6 is 0 Å². The first-order valence-electron chi connectivity index (χ1n) is 21.3. The Morgan fingerprint density at radius 1 is 0.643 bits per heavy atom. The van der Waals surface area contributed by atoms with Gasteiger partial charge in [-0.1, -0.05) is 34.6 Å². The maximum absolute atomic E-state index is 12.3. The topological polar surface area (TPSA) is 228 Å². The number of ether oxygens (including phenoxy) is 5. The number of aliphatic hydroxyl groups excluding tert-OH is 8. The van der Waals surface area contributed by atoms with Crippen LogP contribution in [0.1, 0.15) is 113 Å². The SMILES string of the molecule is CC(C)(O)C1CC[C@@](C)([C@H]2CC[C@]3(C)C2[C@H](O)CC2[C@@]4(C)CC[C@H](O[C@@H]5O[C@H](CO)[C@@H](O)[C@H](O)[C@H]5O[C@@H]5O[C@H](CO)[C@@H](O)[C@H](O)[C@H]5O)C(C)(C)C4CC[C@]23C)O1. The van der Waals surface area contributed by atoms with E-state index in [1.807, 2.05) is 13.8 Å². The second kappa shape index (κ2) is 14.8. The molecule has 324 valence electrons. The van der Waals surface area contributed by atoms with Gasteiger partial charge in [-0.2, -0.15) is 0 Å². The van der Waals surface area contributed by atoms with Gasteiger partial charge in [0.2, 0.25) is 0 Å². The van der Waals surface area contributed by atoms with Crippen molar-refractivity contribution in [1.82, 2.24) is 0 Å². The second-order valence-electron chi connectivity index (χ2n) is 21.1. The van der Waals surface area contributed by atoms with Gasteiger partial charge in [0.25, 0.3) is 0 Å². The van der Waals surface area contributed by atoms with Crippen LogP contribution in [0.4, 0.5) is 0 Å². The lowest BCUT2D eigenvalue weighted by Crippen LogP contribution is -2.68. The highest BCUT2D eigenvalue weighted by atomic mass is 16.8. The average molecular weight is 801 g/mol. The van der Waals surface area contributed by atoms with E-state index in [0.717, 1.165) is 44.9 Å². The van der Waals surface area contributed by atoms with Crippen molar-refractivity contribution in [3.8, 4) is 0 Å². The molecule has 21 atom stereocenters. The zero-order chi connectivity index (χ0) is 41.1. The molecule has 3 saturated heterocycles. The minimum atomic E-state index is -1.75. The predicted octanol–water partition coefficient (Wildman–Crippen LogP) is 1.36. The van der Waals surface area contributed by atoms with Gasteiger partial charge in [-0.25, -0.2) is 0 Å². The molecule has 0 aromatic rings. The standard InChI is InChI=1S/C42H72O14/c1-37(2)24-10-15-40(6)25(17-21(45)28-20(9-14-41(28,40)7)42(8)16-12-27(56-42)38(3,4)51)39(24,5)13-11-26(37)54-36-34(32(49)30(47)23(19-44)53-36)55-35-33(50)31(48)29(46)22(18-43)52-35/h20-36,43-51H,9-19H2,1-8H3/t20-,21+,22+,23+,24?,25?,26-,27?,28?,29+,30+,31-,32-,33+,34+,35-,36-,39-,40+,41+,42-/m0/s1. The van der Waals surface area contributed by atoms with E-state index >= 15 is 0 Å². The van der Waals surface area contributed by atoms with Crippen LogP contribution in [0.2, 0.25) is 0 Å². The van der Waals surface area contributed by atoms with E-state index in [-0.39, 0.29) is 46.0 Å². The molecule has 7 fully saturated rings. The van der Waals surface area contributed by atoms with Crippen LogP contribution in [-0.2, 0) is 23.7 Å². The van der Waals surface area contributed by atoms with E-state index in [0.29, 0.717) is 12.8 Å². The molecule has 4 saturated carbocycles. The molecule has 14 nitrogen and oxygen atoms in total. The summed E-state index contributed by atoms with van der Waals surface area (Å²) in [7, 11) is 0. The maximum atomic E-state index is 12.3. The van der Waals surface area contributed by atoms with Crippen molar-refractivity contribution in [1.29, 1.82) is 0 Å². The van der Waals surface area contributed by atoms with E-state index in [9.17, 15) is 46.0 Å². The molecule has 3 heterocycles. The van der Waals surface area contributed by atoms with Crippen LogP contribution in [0.5, 0.6) is 0 Å². The van der Waals surface area contributed by atoms with Crippen molar-refractivity contribution < 1.29 is 69.6 Å². The van der Waals surface area contributed by atoms with Gasteiger partial charge in [0.1, 0.15) is 48.8 Å². The van der Waals surface area contributed by atoms with Crippen molar-refractivity contribution in [2.45, 2.75) is 204 Å². The van der Waals surface area contributed by atoms with Gasteiger partial charge >= 0.3 is 0 Å². The first-order chi connectivity index (χ1) is 26.0. The summed E-state index contributed by atoms with van der Waals surface area (Å²) in [5.74, 6) is 0.725. The third kappa shape index (κ3) is 6.58. The summed E-state index contributed by atoms with van der Waals surface area (Å²) in [4.78, 5) is 0. The molecule has 14 heteroatoms. The van der Waals surface area contributed by atoms with Gasteiger partial charge in [-0.3, -0.25) is 0 Å². The molecule has 0 aromatic carbocycles. The molecule has 9 N–H and O–H groups in total. The van der Waals surface area contributed by atoms with Crippen LogP contribution in [0.25, 0.3) is 0 Å². The summed E-state index contributed by atoms with van der Waals surface area (Å²) in [5.41, 5.74) is -2.03. The number of hydrogen-bond donors (Lipinski definition) is 9. The van der Waals surface area contributed by atoms with Crippen LogP contribution in [0, 0.1) is 45.3 Å². The van der Waals surface area contributed by atoms with Gasteiger partial charge in [0.05, 0.1) is 42.7 Å². The van der Waals surface area contributed by atoms with Gasteiger partial charge in [-0.05, 0) is 124 Å². The van der Waals surface area contributed by atoms with Crippen molar-refractivity contribution in [3.63, 3.8) is 0 Å². The Morgan fingerprint density at radius 2 is 1.25 bits per heavy atom. The maximum Gasteiger partial charge on any atom is 0.187 e. The first-order valence-corrected chi connectivity index (χ1v) is 21.3. The average Bonchev–Trinajstić information content (AvgIpc) is 3.73. The number of rotatable bonds is 8. The van der Waals surface area contributed by atoms with E-state index in [1.54, 1.807) is 0 Å². The fourth-order valence-electron chi connectivity index (χ4n) is 14.1. The lowest BCUT2D eigenvalue weighted by Gasteiger charge is -2.70. The minimum absolute atomic E-state index is 0.0311. The fourth-order valence-corrected chi connectivity index (χ4v) is 14.1. The third-order valence-corrected chi connectivity index (χ3v) is 17.5. The predicted molar refractivity (Wildman–Crippen MR) is 200 cm³/mol. The summed E-state index contributed by atoms with van der Waals surface area (Å²) in [6.07, 6.45) is -8.45. The largest absolute Gasteiger partial charge is 0.394 e. The van der Waals surface area contributed by atoms with Gasteiger partial charge in [0, 0.05) is 0 Å². The summed E-state index contributed by atoms with van der Waals surface area (Å²) in [5, 5.41) is 96.5. The summed E-state index contributed by atoms with van der Waals surface area (Å²) in [6.45, 7) is 16.3. The quantitative estimate of drug-likeness (QED) is 0.158. The molecule has 0 radical (unpaired) electrons. The lowest BCUT2D eigenvalue weighted by molar-refractivity contribution is -0.378. The molecule has 0 aromatic heterocycles. The monoisotopic (exact) mass is 800 g/mol. The Bertz CT molecular complexity index is 1410. The molecule has 7 rings (SSSR count). The first kappa shape index (κ1) is 43.5. The molecule has 0 bridgehead atoms. The molecule has 0 amide bonds. The smallest absolute Gasteiger partial charge is 0.187 e. The molecular formula is C42H72O14. The number of hydrogen-bond acceptors (Lipinski definition) is 14. The zero-order valence-corrected chi connectivity index (χ0v) is 34.7. The van der Waals surface area contributed by atoms with E-state index in [1.165, 1.54) is 0 Å². The number of fused-ring (bicyclic) bond motifs is 5. The summed E-state index contributed by atoms with van der Waals surface area (Å²) in [6, 6.07) is 0. The highest BCUT2D eigenvalue weighted by Crippen LogP contribution is 2.76. The Balaban J connectivity index is 1.11. The normalized spacial score (nSPS) is 56.0. The zero-order valence-electron chi connectivity index (χ0n) is 34.7.